The molecule has 0 aliphatic carbocycles. The predicted octanol–water partition coefficient (Wildman–Crippen LogP) is 2.90. The number of hydrogen-bond acceptors (Lipinski definition) is 7. The van der Waals surface area contributed by atoms with Gasteiger partial charge >= 0.3 is 5.97 Å². The molecule has 1 N–H and O–H groups in total. The first kappa shape index (κ1) is 21.0. The largest absolute Gasteiger partial charge is 0.461 e. The van der Waals surface area contributed by atoms with E-state index in [1.54, 1.807) is 13.8 Å². The maximum Gasteiger partial charge on any atom is 0.338 e. The third-order valence-corrected chi connectivity index (χ3v) is 5.01. The normalized spacial score (nSPS) is 29.8. The highest BCUT2D eigenvalue weighted by Crippen LogP contribution is 2.39. The van der Waals surface area contributed by atoms with Crippen LogP contribution in [0.4, 0.5) is 0 Å². The standard InChI is InChI=1S/C23H26O7/c1-14(2)27-21(25)18(24)20-19-17(28-23(30-20)16-11-7-4-8-12-16)13-26-22(29-19)15-9-5-3-6-10-15/h3-12,14,17-20,22-24H,13H2,1-2H3/t17-,18-,19+,20+,22?,23?/m0/s1. The Balaban J connectivity index is 1.58. The second-order valence-corrected chi connectivity index (χ2v) is 7.62. The molecule has 2 aliphatic rings. The van der Waals surface area contributed by atoms with E-state index in [4.69, 9.17) is 23.7 Å². The summed E-state index contributed by atoms with van der Waals surface area (Å²) in [6.07, 6.45) is -5.50. The molecule has 2 heterocycles. The summed E-state index contributed by atoms with van der Waals surface area (Å²) in [5.74, 6) is -0.756. The van der Waals surface area contributed by atoms with E-state index in [0.29, 0.717) is 0 Å². The van der Waals surface area contributed by atoms with Crippen molar-refractivity contribution >= 4 is 5.97 Å². The lowest BCUT2D eigenvalue weighted by Gasteiger charge is -2.46. The molecule has 30 heavy (non-hydrogen) atoms. The Morgan fingerprint density at radius 1 is 0.933 bits per heavy atom. The van der Waals surface area contributed by atoms with Crippen molar-refractivity contribution in [3.63, 3.8) is 0 Å². The molecule has 0 amide bonds. The van der Waals surface area contributed by atoms with Gasteiger partial charge in [0.2, 0.25) is 0 Å². The molecule has 0 radical (unpaired) electrons. The Labute approximate surface area is 175 Å². The van der Waals surface area contributed by atoms with E-state index < -0.39 is 43.0 Å². The average Bonchev–Trinajstić information content (AvgIpc) is 2.78. The Hall–Kier alpha value is -2.29. The first-order chi connectivity index (χ1) is 14.5. The number of ether oxygens (including phenoxy) is 5. The Morgan fingerprint density at radius 2 is 1.53 bits per heavy atom. The van der Waals surface area contributed by atoms with Crippen molar-refractivity contribution in [3.8, 4) is 0 Å². The molecule has 0 saturated carbocycles. The Morgan fingerprint density at radius 3 is 2.13 bits per heavy atom. The van der Waals surface area contributed by atoms with E-state index in [1.807, 2.05) is 60.7 Å². The molecule has 2 aromatic rings. The van der Waals surface area contributed by atoms with Crippen LogP contribution in [0, 0.1) is 0 Å². The van der Waals surface area contributed by atoms with Crippen molar-refractivity contribution in [1.29, 1.82) is 0 Å². The molecule has 0 spiro atoms. The number of fused-ring (bicyclic) bond motifs is 1. The number of carbonyl (C=O) groups is 1. The number of rotatable bonds is 5. The fraction of sp³-hybridized carbons (Fsp3) is 0.435. The molecular formula is C23H26O7. The summed E-state index contributed by atoms with van der Waals surface area (Å²) < 4.78 is 29.3. The van der Waals surface area contributed by atoms with Gasteiger partial charge in [-0.15, -0.1) is 0 Å². The SMILES string of the molecule is CC(C)OC(=O)[C@@H](O)[C@H]1OC(c2ccccc2)O[C@H]2COC(c3ccccc3)O[C@@H]12. The highest BCUT2D eigenvalue weighted by atomic mass is 16.8. The monoisotopic (exact) mass is 414 g/mol. The van der Waals surface area contributed by atoms with E-state index in [2.05, 4.69) is 0 Å². The first-order valence-corrected chi connectivity index (χ1v) is 10.1. The summed E-state index contributed by atoms with van der Waals surface area (Å²) in [4.78, 5) is 12.4. The molecule has 160 valence electrons. The van der Waals surface area contributed by atoms with E-state index in [-0.39, 0.29) is 12.7 Å². The smallest absolute Gasteiger partial charge is 0.338 e. The van der Waals surface area contributed by atoms with Gasteiger partial charge in [-0.1, -0.05) is 60.7 Å². The van der Waals surface area contributed by atoms with Crippen molar-refractivity contribution in [2.45, 2.75) is 56.9 Å². The first-order valence-electron chi connectivity index (χ1n) is 10.1. The Kier molecular flexibility index (Phi) is 6.46. The van der Waals surface area contributed by atoms with E-state index >= 15 is 0 Å². The lowest BCUT2D eigenvalue weighted by molar-refractivity contribution is -0.371. The summed E-state index contributed by atoms with van der Waals surface area (Å²) in [6, 6.07) is 18.8. The zero-order valence-corrected chi connectivity index (χ0v) is 16.9. The quantitative estimate of drug-likeness (QED) is 0.753. The van der Waals surface area contributed by atoms with Crippen LogP contribution in [0.15, 0.2) is 60.7 Å². The van der Waals surface area contributed by atoms with Gasteiger partial charge in [0.25, 0.3) is 0 Å². The van der Waals surface area contributed by atoms with Crippen molar-refractivity contribution in [1.82, 2.24) is 0 Å². The van der Waals surface area contributed by atoms with E-state index in [0.717, 1.165) is 11.1 Å². The minimum Gasteiger partial charge on any atom is -0.461 e. The summed E-state index contributed by atoms with van der Waals surface area (Å²) in [7, 11) is 0. The molecule has 2 saturated heterocycles. The molecule has 0 bridgehead atoms. The molecular weight excluding hydrogens is 388 g/mol. The van der Waals surface area contributed by atoms with E-state index in [1.165, 1.54) is 0 Å². The zero-order valence-electron chi connectivity index (χ0n) is 16.9. The molecule has 2 aliphatic heterocycles. The van der Waals surface area contributed by atoms with Gasteiger partial charge < -0.3 is 28.8 Å². The third-order valence-electron chi connectivity index (χ3n) is 5.01. The molecule has 7 nitrogen and oxygen atoms in total. The van der Waals surface area contributed by atoms with Crippen molar-refractivity contribution in [3.05, 3.63) is 71.8 Å². The van der Waals surface area contributed by atoms with Crippen LogP contribution in [0.2, 0.25) is 0 Å². The minimum atomic E-state index is -1.52. The summed E-state index contributed by atoms with van der Waals surface area (Å²) in [5.41, 5.74) is 1.61. The Bertz CT molecular complexity index is 826. The molecule has 6 atom stereocenters. The fourth-order valence-electron chi connectivity index (χ4n) is 3.61. The van der Waals surface area contributed by atoms with Crippen LogP contribution in [-0.4, -0.2) is 48.2 Å². The highest BCUT2D eigenvalue weighted by Gasteiger charge is 2.50. The molecule has 0 aromatic heterocycles. The van der Waals surface area contributed by atoms with Crippen LogP contribution >= 0.6 is 0 Å². The van der Waals surface area contributed by atoms with Gasteiger partial charge in [0.1, 0.15) is 18.3 Å². The van der Waals surface area contributed by atoms with Gasteiger partial charge in [-0.25, -0.2) is 4.79 Å². The lowest BCUT2D eigenvalue weighted by atomic mass is 9.99. The molecule has 2 fully saturated rings. The van der Waals surface area contributed by atoms with E-state index in [9.17, 15) is 9.90 Å². The maximum absolute atomic E-state index is 12.4. The average molecular weight is 414 g/mol. The van der Waals surface area contributed by atoms with Gasteiger partial charge in [0.05, 0.1) is 12.7 Å². The number of hydrogen-bond donors (Lipinski definition) is 1. The third kappa shape index (κ3) is 4.55. The number of esters is 1. The molecule has 7 heteroatoms. The van der Waals surface area contributed by atoms with Crippen molar-refractivity contribution < 1.29 is 33.6 Å². The van der Waals surface area contributed by atoms with Crippen LogP contribution in [0.3, 0.4) is 0 Å². The highest BCUT2D eigenvalue weighted by molar-refractivity contribution is 5.75. The molecule has 4 rings (SSSR count). The maximum atomic E-state index is 12.4. The van der Waals surface area contributed by atoms with Crippen LogP contribution in [-0.2, 0) is 28.5 Å². The molecule has 2 aromatic carbocycles. The number of carbonyl (C=O) groups excluding carboxylic acids is 1. The van der Waals surface area contributed by atoms with Gasteiger partial charge in [-0.3, -0.25) is 0 Å². The predicted molar refractivity (Wildman–Crippen MR) is 106 cm³/mol. The minimum absolute atomic E-state index is 0.235. The summed E-state index contributed by atoms with van der Waals surface area (Å²) in [6.45, 7) is 3.68. The number of aliphatic hydroxyl groups excluding tert-OH is 1. The van der Waals surface area contributed by atoms with Crippen molar-refractivity contribution in [2.24, 2.45) is 0 Å². The fourth-order valence-corrected chi connectivity index (χ4v) is 3.61. The topological polar surface area (TPSA) is 83.5 Å². The summed E-state index contributed by atoms with van der Waals surface area (Å²) >= 11 is 0. The zero-order chi connectivity index (χ0) is 21.1. The van der Waals surface area contributed by atoms with Crippen LogP contribution in [0.5, 0.6) is 0 Å². The molecule has 2 unspecified atom stereocenters. The van der Waals surface area contributed by atoms with Gasteiger partial charge in [-0.05, 0) is 13.8 Å². The number of benzene rings is 2. The van der Waals surface area contributed by atoms with Crippen LogP contribution in [0.1, 0.15) is 37.6 Å². The van der Waals surface area contributed by atoms with Crippen LogP contribution in [0.25, 0.3) is 0 Å². The van der Waals surface area contributed by atoms with Gasteiger partial charge in [-0.2, -0.15) is 0 Å². The van der Waals surface area contributed by atoms with Crippen molar-refractivity contribution in [2.75, 3.05) is 6.61 Å². The van der Waals surface area contributed by atoms with Gasteiger partial charge in [0.15, 0.2) is 18.7 Å². The lowest BCUT2D eigenvalue weighted by Crippen LogP contribution is -2.59. The summed E-state index contributed by atoms with van der Waals surface area (Å²) in [5, 5.41) is 10.8. The number of aliphatic hydroxyl groups is 1. The van der Waals surface area contributed by atoms with Crippen LogP contribution < -0.4 is 0 Å². The van der Waals surface area contributed by atoms with Gasteiger partial charge in [0, 0.05) is 11.1 Å². The second-order valence-electron chi connectivity index (χ2n) is 7.62. The second kappa shape index (κ2) is 9.24.